The minimum Gasteiger partial charge on any atom is -0.407 e. The van der Waals surface area contributed by atoms with Crippen LogP contribution in [-0.4, -0.2) is 0 Å². The predicted octanol–water partition coefficient (Wildman–Crippen LogP) is 9.98. The van der Waals surface area contributed by atoms with Gasteiger partial charge in [0.1, 0.15) is 11.2 Å². The average molecular weight is 496 g/mol. The molecule has 36 heavy (non-hydrogen) atoms. The van der Waals surface area contributed by atoms with E-state index in [-0.39, 0.29) is 12.1 Å². The fourth-order valence-electron chi connectivity index (χ4n) is 5.21. The summed E-state index contributed by atoms with van der Waals surface area (Å²) in [6.07, 6.45) is 0. The van der Waals surface area contributed by atoms with Gasteiger partial charge in [0.05, 0.1) is 0 Å². The molecule has 3 nitrogen and oxygen atoms in total. The molecule has 0 fully saturated rings. The topological polar surface area (TPSA) is 29.5 Å². The molecule has 5 rings (SSSR count). The Morgan fingerprint density at radius 2 is 0.972 bits per heavy atom. The van der Waals surface area contributed by atoms with Crippen LogP contribution >= 0.6 is 8.16 Å². The zero-order chi connectivity index (χ0) is 25.4. The zero-order valence-corrected chi connectivity index (χ0v) is 22.8. The van der Waals surface area contributed by atoms with E-state index in [9.17, 15) is 0 Å². The highest BCUT2D eigenvalue weighted by Crippen LogP contribution is 2.47. The van der Waals surface area contributed by atoms with Crippen molar-refractivity contribution >= 4 is 30.1 Å². The number of fused-ring (bicyclic) bond motifs is 3. The molecule has 5 aromatic rings. The van der Waals surface area contributed by atoms with Crippen molar-refractivity contribution in [2.75, 3.05) is 4.67 Å². The summed E-state index contributed by atoms with van der Waals surface area (Å²) in [5.74, 6) is 0. The van der Waals surface area contributed by atoms with E-state index >= 15 is 0 Å². The number of benzene rings is 4. The highest BCUT2D eigenvalue weighted by atomic mass is 31.1. The van der Waals surface area contributed by atoms with Crippen LogP contribution in [0.2, 0.25) is 0 Å². The Bertz CT molecular complexity index is 1440. The van der Waals surface area contributed by atoms with Crippen LogP contribution in [0.1, 0.15) is 59.3 Å². The van der Waals surface area contributed by atoms with Crippen LogP contribution in [0.15, 0.2) is 93.3 Å². The molecule has 0 bridgehead atoms. The normalized spacial score (nSPS) is 13.3. The summed E-state index contributed by atoms with van der Waals surface area (Å²) in [7, 11) is -1.48. The second-order valence-electron chi connectivity index (χ2n) is 9.89. The van der Waals surface area contributed by atoms with Gasteiger partial charge in [-0.1, -0.05) is 72.8 Å². The van der Waals surface area contributed by atoms with Gasteiger partial charge in [-0.3, -0.25) is 0 Å². The summed E-state index contributed by atoms with van der Waals surface area (Å²) in [5, 5.41) is 2.22. The molecular weight excluding hydrogens is 461 g/mol. The number of hydrogen-bond donors (Lipinski definition) is 0. The third-order valence-corrected chi connectivity index (χ3v) is 8.76. The lowest BCUT2D eigenvalue weighted by molar-refractivity contribution is 0.557. The largest absolute Gasteiger partial charge is 0.407 e. The number of rotatable bonds is 5. The molecular formula is C32H34NO2P. The van der Waals surface area contributed by atoms with E-state index in [1.54, 1.807) is 0 Å². The fraction of sp³-hybridized carbons (Fsp3) is 0.250. The Morgan fingerprint density at radius 1 is 0.583 bits per heavy atom. The summed E-state index contributed by atoms with van der Waals surface area (Å²) >= 11 is 0. The van der Waals surface area contributed by atoms with E-state index in [1.807, 2.05) is 0 Å². The zero-order valence-electron chi connectivity index (χ0n) is 21.9. The molecule has 0 radical (unpaired) electrons. The lowest BCUT2D eigenvalue weighted by atomic mass is 10.0. The highest BCUT2D eigenvalue weighted by molar-refractivity contribution is 7.39. The molecule has 2 atom stereocenters. The monoisotopic (exact) mass is 495 g/mol. The Labute approximate surface area is 215 Å². The molecule has 0 aliphatic heterocycles. The van der Waals surface area contributed by atoms with E-state index in [0.29, 0.717) is 0 Å². The molecule has 4 heteroatoms. The third-order valence-electron chi connectivity index (χ3n) is 7.01. The molecule has 0 saturated heterocycles. The first-order valence-electron chi connectivity index (χ1n) is 12.6. The lowest BCUT2D eigenvalue weighted by Gasteiger charge is -2.31. The molecule has 0 unspecified atom stereocenters. The molecule has 0 aliphatic rings. The Hall–Kier alpha value is -3.26. The first kappa shape index (κ1) is 24.4. The third kappa shape index (κ3) is 4.62. The Balaban J connectivity index is 1.86. The van der Waals surface area contributed by atoms with Crippen molar-refractivity contribution in [3.63, 3.8) is 0 Å². The highest BCUT2D eigenvalue weighted by Gasteiger charge is 2.29. The maximum Gasteiger partial charge on any atom is 0.310 e. The van der Waals surface area contributed by atoms with E-state index in [4.69, 9.17) is 8.39 Å². The number of aryl methyl sites for hydroxylation is 4. The molecule has 4 aromatic carbocycles. The maximum atomic E-state index is 6.94. The van der Waals surface area contributed by atoms with Gasteiger partial charge in [0.25, 0.3) is 0 Å². The van der Waals surface area contributed by atoms with Gasteiger partial charge in [0.15, 0.2) is 0 Å². The first-order valence-corrected chi connectivity index (χ1v) is 13.7. The quantitative estimate of drug-likeness (QED) is 0.243. The van der Waals surface area contributed by atoms with Crippen molar-refractivity contribution in [1.82, 2.24) is 0 Å². The van der Waals surface area contributed by atoms with Crippen LogP contribution in [-0.2, 0) is 0 Å². The van der Waals surface area contributed by atoms with Gasteiger partial charge in [0, 0.05) is 22.9 Å². The molecule has 0 amide bonds. The smallest absolute Gasteiger partial charge is 0.310 e. The molecule has 0 aliphatic carbocycles. The second kappa shape index (κ2) is 10.0. The molecule has 0 spiro atoms. The van der Waals surface area contributed by atoms with Crippen LogP contribution in [0, 0.1) is 27.7 Å². The average Bonchev–Trinajstić information content (AvgIpc) is 3.03. The number of nitrogens with zero attached hydrogens (tertiary/aromatic N) is 1. The number of hydrogen-bond acceptors (Lipinski definition) is 3. The van der Waals surface area contributed by atoms with Crippen molar-refractivity contribution in [3.8, 4) is 0 Å². The summed E-state index contributed by atoms with van der Waals surface area (Å²) < 4.78 is 16.3. The second-order valence-corrected chi connectivity index (χ2v) is 11.2. The minimum absolute atomic E-state index is 0.0778. The standard InChI is InChI=1S/C32H34NO2P/c1-21-17-23(3)31-29(19-21)30-20-22(2)18-24(4)32(30)35-36(34-31)33(25(5)27-13-9-7-10-14-27)26(6)28-15-11-8-12-16-28/h7-20,25-26H,1-6H3/t25-,26-/m1/s1. The van der Waals surface area contributed by atoms with Crippen LogP contribution in [0.3, 0.4) is 0 Å². The lowest BCUT2D eigenvalue weighted by Crippen LogP contribution is -2.27. The molecule has 1 aromatic heterocycles. The van der Waals surface area contributed by atoms with Crippen molar-refractivity contribution in [1.29, 1.82) is 0 Å². The van der Waals surface area contributed by atoms with Crippen molar-refractivity contribution in [2.45, 2.75) is 53.6 Å². The summed E-state index contributed by atoms with van der Waals surface area (Å²) in [6, 6.07) is 30.3. The Kier molecular flexibility index (Phi) is 6.79. The van der Waals surface area contributed by atoms with Crippen LogP contribution < -0.4 is 4.67 Å². The van der Waals surface area contributed by atoms with Crippen LogP contribution in [0.4, 0.5) is 0 Å². The van der Waals surface area contributed by atoms with Gasteiger partial charge in [-0.15, -0.1) is 0 Å². The molecule has 1 heterocycles. The Morgan fingerprint density at radius 3 is 1.36 bits per heavy atom. The maximum absolute atomic E-state index is 6.94. The van der Waals surface area contributed by atoms with E-state index < -0.39 is 8.16 Å². The summed E-state index contributed by atoms with van der Waals surface area (Å²) in [4.78, 5) is 0. The van der Waals surface area contributed by atoms with E-state index in [1.165, 1.54) is 22.3 Å². The summed E-state index contributed by atoms with van der Waals surface area (Å²) in [5.41, 5.74) is 9.01. The van der Waals surface area contributed by atoms with Crippen molar-refractivity contribution in [3.05, 3.63) is 118 Å². The predicted molar refractivity (Wildman–Crippen MR) is 153 cm³/mol. The van der Waals surface area contributed by atoms with Gasteiger partial charge >= 0.3 is 8.16 Å². The van der Waals surface area contributed by atoms with E-state index in [2.05, 4.69) is 131 Å². The van der Waals surface area contributed by atoms with Crippen molar-refractivity contribution < 1.29 is 8.39 Å². The first-order chi connectivity index (χ1) is 17.3. The van der Waals surface area contributed by atoms with Gasteiger partial charge < -0.3 is 8.39 Å². The van der Waals surface area contributed by atoms with Gasteiger partial charge in [0.2, 0.25) is 0 Å². The van der Waals surface area contributed by atoms with Crippen LogP contribution in [0.5, 0.6) is 0 Å². The van der Waals surface area contributed by atoms with Gasteiger partial charge in [-0.25, -0.2) is 0 Å². The van der Waals surface area contributed by atoms with Crippen LogP contribution in [0.25, 0.3) is 21.9 Å². The molecule has 0 saturated carbocycles. The van der Waals surface area contributed by atoms with Gasteiger partial charge in [-0.2, -0.15) is 4.67 Å². The molecule has 0 N–H and O–H groups in total. The van der Waals surface area contributed by atoms with Crippen molar-refractivity contribution in [2.24, 2.45) is 0 Å². The molecule has 184 valence electrons. The minimum atomic E-state index is -1.48. The fourth-order valence-corrected chi connectivity index (χ4v) is 7.06. The van der Waals surface area contributed by atoms with Gasteiger partial charge in [-0.05, 0) is 87.1 Å². The summed E-state index contributed by atoms with van der Waals surface area (Å²) in [6.45, 7) is 13.1. The van der Waals surface area contributed by atoms with E-state index in [0.717, 1.165) is 33.1 Å². The SMILES string of the molecule is Cc1cc(C)c2op(N([C@H](C)c3ccccc3)[C@H](C)c3ccccc3)oc3c(C)cc(C)cc3c2c1.